The van der Waals surface area contributed by atoms with E-state index in [2.05, 4.69) is 0 Å². The highest BCUT2D eigenvalue weighted by molar-refractivity contribution is 5.92. The Morgan fingerprint density at radius 3 is 2.47 bits per heavy atom. The van der Waals surface area contributed by atoms with E-state index in [1.165, 1.54) is 24.3 Å². The summed E-state index contributed by atoms with van der Waals surface area (Å²) >= 11 is 0. The molecule has 0 aliphatic heterocycles. The summed E-state index contributed by atoms with van der Waals surface area (Å²) in [6.07, 6.45) is 2.07. The number of hydrogen-bond acceptors (Lipinski definition) is 4. The highest BCUT2D eigenvalue weighted by atomic mass is 16.6. The number of anilines is 1. The number of hydrogen-bond donors (Lipinski definition) is 1. The first-order chi connectivity index (χ1) is 8.06. The van der Waals surface area contributed by atoms with Crippen molar-refractivity contribution in [1.82, 2.24) is 0 Å². The number of nitro groups is 1. The smallest absolute Gasteiger partial charge is 0.269 e. The fourth-order valence-electron chi connectivity index (χ4n) is 1.33. The van der Waals surface area contributed by atoms with Crippen molar-refractivity contribution in [2.24, 2.45) is 5.84 Å². The van der Waals surface area contributed by atoms with Crippen LogP contribution in [-0.2, 0) is 4.79 Å². The first-order valence-corrected chi connectivity index (χ1v) is 5.38. The minimum Gasteiger partial charge on any atom is -0.273 e. The van der Waals surface area contributed by atoms with Crippen LogP contribution in [-0.4, -0.2) is 10.8 Å². The Morgan fingerprint density at radius 1 is 1.41 bits per heavy atom. The zero-order chi connectivity index (χ0) is 12.8. The standard InChI is InChI=1S/C11H15N3O3/c1-2-3-4-11(15)13(12)9-5-7-10(8-6-9)14(16)17/h5-8H,2-4,12H2,1H3. The van der Waals surface area contributed by atoms with Crippen LogP contribution < -0.4 is 10.9 Å². The van der Waals surface area contributed by atoms with Gasteiger partial charge in [-0.05, 0) is 18.6 Å². The molecule has 0 fully saturated rings. The van der Waals surface area contributed by atoms with Gasteiger partial charge in [0.1, 0.15) is 0 Å². The van der Waals surface area contributed by atoms with Crippen molar-refractivity contribution in [2.75, 3.05) is 5.01 Å². The van der Waals surface area contributed by atoms with Gasteiger partial charge in [0.05, 0.1) is 10.6 Å². The summed E-state index contributed by atoms with van der Waals surface area (Å²) in [5.41, 5.74) is 0.430. The number of carbonyl (C=O) groups excluding carboxylic acids is 1. The predicted molar refractivity (Wildman–Crippen MR) is 64.3 cm³/mol. The van der Waals surface area contributed by atoms with E-state index in [4.69, 9.17) is 5.84 Å². The van der Waals surface area contributed by atoms with Crippen LogP contribution in [0.15, 0.2) is 24.3 Å². The molecule has 0 heterocycles. The highest BCUT2D eigenvalue weighted by Gasteiger charge is 2.12. The van der Waals surface area contributed by atoms with Crippen LogP contribution in [0, 0.1) is 10.1 Å². The van der Waals surface area contributed by atoms with Gasteiger partial charge in [0.2, 0.25) is 5.91 Å². The van der Waals surface area contributed by atoms with Crippen molar-refractivity contribution in [1.29, 1.82) is 0 Å². The minimum absolute atomic E-state index is 0.0249. The maximum atomic E-state index is 11.6. The number of carbonyl (C=O) groups is 1. The lowest BCUT2D eigenvalue weighted by atomic mass is 10.2. The number of rotatable bonds is 5. The Balaban J connectivity index is 2.72. The molecule has 0 saturated heterocycles. The van der Waals surface area contributed by atoms with Crippen molar-refractivity contribution in [2.45, 2.75) is 26.2 Å². The zero-order valence-electron chi connectivity index (χ0n) is 9.63. The molecule has 1 aromatic rings. The molecule has 6 heteroatoms. The van der Waals surface area contributed by atoms with E-state index >= 15 is 0 Å². The third kappa shape index (κ3) is 3.53. The summed E-state index contributed by atoms with van der Waals surface area (Å²) in [6.45, 7) is 1.99. The Hall–Kier alpha value is -1.95. The fourth-order valence-corrected chi connectivity index (χ4v) is 1.33. The van der Waals surface area contributed by atoms with Crippen molar-refractivity contribution < 1.29 is 9.72 Å². The van der Waals surface area contributed by atoms with Gasteiger partial charge in [-0.3, -0.25) is 14.9 Å². The summed E-state index contributed by atoms with van der Waals surface area (Å²) in [4.78, 5) is 21.5. The molecule has 1 amide bonds. The number of nitrogens with zero attached hydrogens (tertiary/aromatic N) is 2. The van der Waals surface area contributed by atoms with Gasteiger partial charge >= 0.3 is 0 Å². The molecule has 0 aliphatic rings. The number of nitro benzene ring substituents is 1. The molecule has 0 atom stereocenters. The lowest BCUT2D eigenvalue weighted by Gasteiger charge is -2.16. The van der Waals surface area contributed by atoms with E-state index in [-0.39, 0.29) is 11.6 Å². The molecule has 0 spiro atoms. The van der Waals surface area contributed by atoms with E-state index in [1.807, 2.05) is 6.92 Å². The summed E-state index contributed by atoms with van der Waals surface area (Å²) in [7, 11) is 0. The first-order valence-electron chi connectivity index (χ1n) is 5.38. The Bertz CT molecular complexity index is 403. The highest BCUT2D eigenvalue weighted by Crippen LogP contribution is 2.18. The second-order valence-corrected chi connectivity index (χ2v) is 3.64. The molecular formula is C11H15N3O3. The van der Waals surface area contributed by atoms with Crippen LogP contribution >= 0.6 is 0 Å². The fraction of sp³-hybridized carbons (Fsp3) is 0.364. The topological polar surface area (TPSA) is 89.5 Å². The molecule has 0 aliphatic carbocycles. The van der Waals surface area contributed by atoms with E-state index in [1.54, 1.807) is 0 Å². The Labute approximate surface area is 99.1 Å². The van der Waals surface area contributed by atoms with Gasteiger partial charge in [-0.2, -0.15) is 0 Å². The second kappa shape index (κ2) is 5.95. The van der Waals surface area contributed by atoms with Gasteiger partial charge in [-0.25, -0.2) is 10.9 Å². The molecule has 2 N–H and O–H groups in total. The number of amides is 1. The van der Waals surface area contributed by atoms with Crippen molar-refractivity contribution in [3.05, 3.63) is 34.4 Å². The van der Waals surface area contributed by atoms with E-state index in [0.717, 1.165) is 17.9 Å². The molecule has 0 saturated carbocycles. The normalized spacial score (nSPS) is 10.0. The average Bonchev–Trinajstić information content (AvgIpc) is 2.35. The summed E-state index contributed by atoms with van der Waals surface area (Å²) in [6, 6.07) is 5.56. The largest absolute Gasteiger partial charge is 0.273 e. The summed E-state index contributed by atoms with van der Waals surface area (Å²) < 4.78 is 0. The van der Waals surface area contributed by atoms with E-state index < -0.39 is 4.92 Å². The first kappa shape index (κ1) is 13.1. The van der Waals surface area contributed by atoms with Gasteiger partial charge in [-0.15, -0.1) is 0 Å². The summed E-state index contributed by atoms with van der Waals surface area (Å²) in [5, 5.41) is 11.5. The summed E-state index contributed by atoms with van der Waals surface area (Å²) in [5.74, 6) is 5.43. The van der Waals surface area contributed by atoms with Crippen LogP contribution in [0.3, 0.4) is 0 Å². The Morgan fingerprint density at radius 2 is 2.00 bits per heavy atom. The van der Waals surface area contributed by atoms with Crippen LogP contribution in [0.2, 0.25) is 0 Å². The third-order valence-electron chi connectivity index (χ3n) is 2.35. The van der Waals surface area contributed by atoms with Crippen LogP contribution in [0.4, 0.5) is 11.4 Å². The maximum Gasteiger partial charge on any atom is 0.269 e. The van der Waals surface area contributed by atoms with Crippen LogP contribution in [0.25, 0.3) is 0 Å². The monoisotopic (exact) mass is 237 g/mol. The number of unbranched alkanes of at least 4 members (excludes halogenated alkanes) is 1. The average molecular weight is 237 g/mol. The van der Waals surface area contributed by atoms with Gasteiger partial charge in [-0.1, -0.05) is 13.3 Å². The van der Waals surface area contributed by atoms with Crippen LogP contribution in [0.5, 0.6) is 0 Å². The molecule has 0 radical (unpaired) electrons. The van der Waals surface area contributed by atoms with Crippen molar-refractivity contribution >= 4 is 17.3 Å². The number of hydrazine groups is 1. The van der Waals surface area contributed by atoms with E-state index in [9.17, 15) is 14.9 Å². The second-order valence-electron chi connectivity index (χ2n) is 3.64. The van der Waals surface area contributed by atoms with Gasteiger partial charge in [0.25, 0.3) is 5.69 Å². The van der Waals surface area contributed by atoms with E-state index in [0.29, 0.717) is 12.1 Å². The number of nitrogens with two attached hydrogens (primary N) is 1. The van der Waals surface area contributed by atoms with Crippen LogP contribution in [0.1, 0.15) is 26.2 Å². The minimum atomic E-state index is -0.496. The quantitative estimate of drug-likeness (QED) is 0.367. The molecule has 0 unspecified atom stereocenters. The van der Waals surface area contributed by atoms with Gasteiger partial charge < -0.3 is 0 Å². The lowest BCUT2D eigenvalue weighted by Crippen LogP contribution is -2.37. The molecule has 1 aromatic carbocycles. The molecular weight excluding hydrogens is 222 g/mol. The molecule has 6 nitrogen and oxygen atoms in total. The van der Waals surface area contributed by atoms with Crippen molar-refractivity contribution in [3.63, 3.8) is 0 Å². The van der Waals surface area contributed by atoms with Gasteiger partial charge in [0, 0.05) is 18.6 Å². The van der Waals surface area contributed by atoms with Crippen molar-refractivity contribution in [3.8, 4) is 0 Å². The molecule has 17 heavy (non-hydrogen) atoms. The molecule has 92 valence electrons. The Kier molecular flexibility index (Phi) is 4.59. The maximum absolute atomic E-state index is 11.6. The molecule has 0 bridgehead atoms. The number of benzene rings is 1. The number of non-ortho nitro benzene ring substituents is 1. The molecule has 0 aromatic heterocycles. The zero-order valence-corrected chi connectivity index (χ0v) is 9.63. The predicted octanol–water partition coefficient (Wildman–Crippen LogP) is 1.99. The SMILES string of the molecule is CCCCC(=O)N(N)c1ccc([N+](=O)[O-])cc1. The third-order valence-corrected chi connectivity index (χ3v) is 2.35. The molecule has 1 rings (SSSR count). The lowest BCUT2D eigenvalue weighted by molar-refractivity contribution is -0.384. The van der Waals surface area contributed by atoms with Gasteiger partial charge in [0.15, 0.2) is 0 Å².